The number of hydrogen-bond donors (Lipinski definition) is 3. The number of aliphatic hydroxyl groups is 1. The van der Waals surface area contributed by atoms with E-state index in [0.717, 1.165) is 38.9 Å². The summed E-state index contributed by atoms with van der Waals surface area (Å²) in [6.45, 7) is 2.36. The van der Waals surface area contributed by atoms with Crippen LogP contribution in [-0.2, 0) is 38.6 Å². The van der Waals surface area contributed by atoms with E-state index < -0.39 is 24.3 Å². The Morgan fingerprint density at radius 3 is 2.25 bits per heavy atom. The number of aromatic nitrogens is 2. The van der Waals surface area contributed by atoms with Crippen LogP contribution in [0.2, 0.25) is 0 Å². The Morgan fingerprint density at radius 1 is 0.846 bits per heavy atom. The van der Waals surface area contributed by atoms with Gasteiger partial charge in [-0.3, -0.25) is 0 Å². The molecule has 0 radical (unpaired) electrons. The molecule has 10 nitrogen and oxygen atoms in total. The average Bonchev–Trinajstić information content (AvgIpc) is 3.20. The maximum Gasteiger partial charge on any atom is 0.328 e. The van der Waals surface area contributed by atoms with Crippen molar-refractivity contribution >= 4 is 23.8 Å². The maximum atomic E-state index is 13.0. The third-order valence-electron chi connectivity index (χ3n) is 9.07. The van der Waals surface area contributed by atoms with Crippen LogP contribution in [0.3, 0.4) is 0 Å². The molecular weight excluding hydrogens is 677 g/mol. The Kier molecular flexibility index (Phi) is 12.7. The van der Waals surface area contributed by atoms with Gasteiger partial charge in [0.15, 0.2) is 11.4 Å². The summed E-state index contributed by atoms with van der Waals surface area (Å²) in [5.74, 6) is 0.167. The lowest BCUT2D eigenvalue weighted by molar-refractivity contribution is -0.268. The van der Waals surface area contributed by atoms with Gasteiger partial charge < -0.3 is 30.0 Å². The molecule has 0 spiro atoms. The van der Waals surface area contributed by atoms with Gasteiger partial charge in [-0.2, -0.15) is 0 Å². The fraction of sp³-hybridized carbons (Fsp3) is 0.268. The fourth-order valence-electron chi connectivity index (χ4n) is 6.17. The molecule has 0 saturated carbocycles. The van der Waals surface area contributed by atoms with Gasteiger partial charge in [0.05, 0.1) is 25.9 Å². The highest BCUT2D eigenvalue weighted by atomic mass is 32.2. The molecular formula is C41H42N4O6S. The number of carbonyl (C=O) groups is 2. The number of nitrogens with one attached hydrogen (secondary N) is 2. The van der Waals surface area contributed by atoms with Crippen LogP contribution in [-0.4, -0.2) is 52.1 Å². The van der Waals surface area contributed by atoms with E-state index in [4.69, 9.17) is 14.2 Å². The average molecular weight is 719 g/mol. The Hall–Kier alpha value is -5.07. The number of benzene rings is 4. The van der Waals surface area contributed by atoms with Crippen molar-refractivity contribution in [2.75, 3.05) is 12.9 Å². The van der Waals surface area contributed by atoms with Crippen LogP contribution in [0.15, 0.2) is 127 Å². The molecule has 1 aliphatic heterocycles. The topological polar surface area (TPSA) is 132 Å². The number of esters is 1. The van der Waals surface area contributed by atoms with E-state index in [9.17, 15) is 14.7 Å². The molecule has 5 unspecified atom stereocenters. The standard InChI is InChI=1S/C41H42N4O6S/c1-27-36(26-52-41-42-21-8-22-43-41)50-39(51-37(27)31-15-13-29(25-46)14-16-31)32-19-17-30(18-20-32)34-12-7-6-11-33(34)24-44-40(48)45-35(38(47)49-2)23-28-9-4-3-5-10-28/h3-22,27,35-37,39,46H,23-26H2,1-2H3,(H2,44,45,48). The van der Waals surface area contributed by atoms with Gasteiger partial charge in [0, 0.05) is 42.6 Å². The van der Waals surface area contributed by atoms with E-state index in [1.165, 1.54) is 7.11 Å². The van der Waals surface area contributed by atoms with Crippen LogP contribution in [0.25, 0.3) is 11.1 Å². The summed E-state index contributed by atoms with van der Waals surface area (Å²) in [4.78, 5) is 34.1. The smallest absolute Gasteiger partial charge is 0.328 e. The Bertz CT molecular complexity index is 1900. The second-order valence-corrected chi connectivity index (χ2v) is 13.5. The van der Waals surface area contributed by atoms with Gasteiger partial charge in [0.1, 0.15) is 6.04 Å². The van der Waals surface area contributed by atoms with Crippen LogP contribution < -0.4 is 10.6 Å². The third kappa shape index (κ3) is 9.42. The number of carbonyl (C=O) groups excluding carboxylic acids is 2. The summed E-state index contributed by atoms with van der Waals surface area (Å²) >= 11 is 1.55. The van der Waals surface area contributed by atoms with E-state index in [1.807, 2.05) is 103 Å². The minimum Gasteiger partial charge on any atom is -0.467 e. The van der Waals surface area contributed by atoms with Crippen LogP contribution in [0.4, 0.5) is 4.79 Å². The maximum absolute atomic E-state index is 13.0. The molecule has 4 aromatic carbocycles. The summed E-state index contributed by atoms with van der Waals surface area (Å²) in [6.07, 6.45) is 2.77. The van der Waals surface area contributed by atoms with E-state index in [0.29, 0.717) is 17.3 Å². The number of aliphatic hydroxyl groups excluding tert-OH is 1. The highest BCUT2D eigenvalue weighted by Gasteiger charge is 2.38. The zero-order valence-corrected chi connectivity index (χ0v) is 29.9. The van der Waals surface area contributed by atoms with E-state index in [-0.39, 0.29) is 31.3 Å². The highest BCUT2D eigenvalue weighted by Crippen LogP contribution is 2.43. The summed E-state index contributed by atoms with van der Waals surface area (Å²) in [6, 6.07) is 33.8. The molecule has 1 aromatic heterocycles. The lowest BCUT2D eigenvalue weighted by atomic mass is 9.91. The molecule has 0 aliphatic carbocycles. The molecule has 3 N–H and O–H groups in total. The van der Waals surface area contributed by atoms with Gasteiger partial charge in [-0.05, 0) is 39.4 Å². The number of thioether (sulfide) groups is 1. The molecule has 1 fully saturated rings. The first-order valence-electron chi connectivity index (χ1n) is 17.2. The number of rotatable bonds is 13. The molecule has 2 heterocycles. The SMILES string of the molecule is COC(=O)C(Cc1ccccc1)NC(=O)NCc1ccccc1-c1ccc(C2OC(CSc3ncccn3)C(C)C(c3ccc(CO)cc3)O2)cc1. The highest BCUT2D eigenvalue weighted by molar-refractivity contribution is 7.99. The van der Waals surface area contributed by atoms with Gasteiger partial charge in [0.2, 0.25) is 0 Å². The first-order chi connectivity index (χ1) is 25.4. The number of amides is 2. The molecule has 5 atom stereocenters. The predicted molar refractivity (Wildman–Crippen MR) is 199 cm³/mol. The lowest BCUT2D eigenvalue weighted by Crippen LogP contribution is -2.47. The van der Waals surface area contributed by atoms with Gasteiger partial charge >= 0.3 is 12.0 Å². The number of ether oxygens (including phenoxy) is 3. The van der Waals surface area contributed by atoms with E-state index in [2.05, 4.69) is 27.5 Å². The van der Waals surface area contributed by atoms with Crippen molar-refractivity contribution in [1.29, 1.82) is 0 Å². The van der Waals surface area contributed by atoms with Crippen LogP contribution in [0, 0.1) is 5.92 Å². The molecule has 1 saturated heterocycles. The zero-order chi connectivity index (χ0) is 36.3. The van der Waals surface area contributed by atoms with Crippen LogP contribution in [0.1, 0.15) is 47.1 Å². The molecule has 6 rings (SSSR count). The van der Waals surface area contributed by atoms with Gasteiger partial charge in [-0.15, -0.1) is 0 Å². The van der Waals surface area contributed by atoms with Crippen molar-refractivity contribution in [3.05, 3.63) is 149 Å². The Balaban J connectivity index is 1.15. The molecule has 5 aromatic rings. The summed E-state index contributed by atoms with van der Waals surface area (Å²) in [5, 5.41) is 15.9. The molecule has 0 bridgehead atoms. The molecule has 2 amide bonds. The summed E-state index contributed by atoms with van der Waals surface area (Å²) < 4.78 is 18.2. The van der Waals surface area contributed by atoms with Crippen molar-refractivity contribution in [1.82, 2.24) is 20.6 Å². The molecule has 1 aliphatic rings. The van der Waals surface area contributed by atoms with Crippen molar-refractivity contribution in [3.8, 4) is 11.1 Å². The monoisotopic (exact) mass is 718 g/mol. The fourth-order valence-corrected chi connectivity index (χ4v) is 7.14. The number of urea groups is 1. The van der Waals surface area contributed by atoms with Crippen molar-refractivity contribution in [2.24, 2.45) is 5.92 Å². The van der Waals surface area contributed by atoms with Gasteiger partial charge in [-0.1, -0.05) is 122 Å². The second kappa shape index (κ2) is 17.9. The molecule has 268 valence electrons. The minimum atomic E-state index is -0.827. The quantitative estimate of drug-likeness (QED) is 0.0683. The lowest BCUT2D eigenvalue weighted by Gasteiger charge is -2.41. The summed E-state index contributed by atoms with van der Waals surface area (Å²) in [7, 11) is 1.31. The number of nitrogens with zero attached hydrogens (tertiary/aromatic N) is 2. The normalized spacial score (nSPS) is 19.0. The van der Waals surface area contributed by atoms with Gasteiger partial charge in [0.25, 0.3) is 0 Å². The number of hydrogen-bond acceptors (Lipinski definition) is 9. The second-order valence-electron chi connectivity index (χ2n) is 12.5. The van der Waals surface area contributed by atoms with Crippen molar-refractivity contribution in [3.63, 3.8) is 0 Å². The first kappa shape index (κ1) is 36.7. The van der Waals surface area contributed by atoms with Crippen LogP contribution in [0.5, 0.6) is 0 Å². The Morgan fingerprint density at radius 2 is 1.54 bits per heavy atom. The van der Waals surface area contributed by atoms with Crippen molar-refractivity contribution in [2.45, 2.75) is 56.2 Å². The molecule has 11 heteroatoms. The minimum absolute atomic E-state index is 0.0210. The number of methoxy groups -OCH3 is 1. The third-order valence-corrected chi connectivity index (χ3v) is 10.0. The van der Waals surface area contributed by atoms with Crippen molar-refractivity contribution < 1.29 is 28.9 Å². The summed E-state index contributed by atoms with van der Waals surface area (Å²) in [5.41, 5.74) is 6.48. The predicted octanol–water partition coefficient (Wildman–Crippen LogP) is 6.80. The Labute approximate surface area is 308 Å². The van der Waals surface area contributed by atoms with Gasteiger partial charge in [-0.25, -0.2) is 19.6 Å². The zero-order valence-electron chi connectivity index (χ0n) is 29.1. The van der Waals surface area contributed by atoms with E-state index in [1.54, 1.807) is 30.2 Å². The largest absolute Gasteiger partial charge is 0.467 e. The van der Waals surface area contributed by atoms with E-state index >= 15 is 0 Å². The van der Waals surface area contributed by atoms with Crippen LogP contribution >= 0.6 is 11.8 Å². The molecule has 52 heavy (non-hydrogen) atoms. The first-order valence-corrected chi connectivity index (χ1v) is 18.1.